The van der Waals surface area contributed by atoms with Crippen LogP contribution >= 0.6 is 11.5 Å². The minimum atomic E-state index is -0.468. The average Bonchev–Trinajstić information content (AvgIpc) is 2.83. The molecular formula is C11H10N2O2S. The van der Waals surface area contributed by atoms with E-state index in [0.717, 1.165) is 11.1 Å². The van der Waals surface area contributed by atoms with Gasteiger partial charge in [-0.1, -0.05) is 12.1 Å². The van der Waals surface area contributed by atoms with Gasteiger partial charge in [-0.2, -0.15) is 0 Å². The van der Waals surface area contributed by atoms with Crippen LogP contribution in [0.4, 0.5) is 4.79 Å². The lowest BCUT2D eigenvalue weighted by Gasteiger charge is -2.03. The Balaban J connectivity index is 2.14. The normalized spacial score (nSPS) is 9.81. The molecule has 0 aliphatic rings. The topological polar surface area (TPSA) is 51.2 Å². The Hall–Kier alpha value is -1.88. The summed E-state index contributed by atoms with van der Waals surface area (Å²) >= 11 is 1.41. The van der Waals surface area contributed by atoms with Crippen molar-refractivity contribution in [2.75, 3.05) is 7.05 Å². The fourth-order valence-electron chi connectivity index (χ4n) is 1.22. The minimum absolute atomic E-state index is 0.468. The maximum absolute atomic E-state index is 11.0. The number of rotatable bonds is 2. The lowest BCUT2D eigenvalue weighted by Crippen LogP contribution is -2.21. The Morgan fingerprint density at radius 3 is 2.62 bits per heavy atom. The number of amides is 1. The summed E-state index contributed by atoms with van der Waals surface area (Å²) in [6.45, 7) is 0. The first-order valence-electron chi connectivity index (χ1n) is 4.69. The summed E-state index contributed by atoms with van der Waals surface area (Å²) in [4.78, 5) is 11.0. The SMILES string of the molecule is CNC(=O)Oc1ccc(-c2cnsc2)cc1. The number of aromatic nitrogens is 1. The van der Waals surface area contributed by atoms with E-state index in [0.29, 0.717) is 5.75 Å². The number of benzene rings is 1. The van der Waals surface area contributed by atoms with Gasteiger partial charge in [0.05, 0.1) is 0 Å². The first kappa shape index (κ1) is 10.6. The van der Waals surface area contributed by atoms with Gasteiger partial charge in [-0.05, 0) is 29.2 Å². The molecule has 0 saturated heterocycles. The van der Waals surface area contributed by atoms with Crippen LogP contribution in [0.1, 0.15) is 0 Å². The molecule has 0 saturated carbocycles. The second kappa shape index (κ2) is 4.76. The van der Waals surface area contributed by atoms with Crippen molar-refractivity contribution >= 4 is 17.6 Å². The van der Waals surface area contributed by atoms with E-state index >= 15 is 0 Å². The van der Waals surface area contributed by atoms with Crippen molar-refractivity contribution in [1.82, 2.24) is 9.69 Å². The molecule has 0 radical (unpaired) electrons. The maximum Gasteiger partial charge on any atom is 0.412 e. The lowest BCUT2D eigenvalue weighted by atomic mass is 10.1. The summed E-state index contributed by atoms with van der Waals surface area (Å²) in [5.41, 5.74) is 2.12. The van der Waals surface area contributed by atoms with E-state index in [1.165, 1.54) is 18.6 Å². The molecule has 0 aliphatic heterocycles. The Morgan fingerprint density at radius 1 is 1.31 bits per heavy atom. The van der Waals surface area contributed by atoms with Crippen LogP contribution < -0.4 is 10.1 Å². The zero-order chi connectivity index (χ0) is 11.4. The monoisotopic (exact) mass is 234 g/mol. The van der Waals surface area contributed by atoms with Gasteiger partial charge in [0.15, 0.2) is 0 Å². The third kappa shape index (κ3) is 2.38. The number of hydrogen-bond donors (Lipinski definition) is 1. The van der Waals surface area contributed by atoms with Gasteiger partial charge in [-0.3, -0.25) is 0 Å². The number of ether oxygens (including phenoxy) is 1. The molecule has 82 valence electrons. The van der Waals surface area contributed by atoms with Crippen LogP contribution in [0.3, 0.4) is 0 Å². The van der Waals surface area contributed by atoms with Gasteiger partial charge in [0.25, 0.3) is 0 Å². The van der Waals surface area contributed by atoms with E-state index in [-0.39, 0.29) is 0 Å². The summed E-state index contributed by atoms with van der Waals surface area (Å²) in [7, 11) is 1.52. The zero-order valence-electron chi connectivity index (χ0n) is 8.64. The molecule has 5 heteroatoms. The maximum atomic E-state index is 11.0. The number of hydrogen-bond acceptors (Lipinski definition) is 4. The standard InChI is InChI=1S/C11H10N2O2S/c1-12-11(14)15-10-4-2-8(3-5-10)9-6-13-16-7-9/h2-7H,1H3,(H,12,14). The summed E-state index contributed by atoms with van der Waals surface area (Å²) < 4.78 is 9.00. The van der Waals surface area contributed by atoms with Crippen molar-refractivity contribution in [1.29, 1.82) is 0 Å². The van der Waals surface area contributed by atoms with Crippen LogP contribution in [-0.2, 0) is 0 Å². The quantitative estimate of drug-likeness (QED) is 0.868. The number of nitrogens with zero attached hydrogens (tertiary/aromatic N) is 1. The molecule has 0 bridgehead atoms. The molecule has 4 nitrogen and oxygen atoms in total. The molecule has 1 aromatic heterocycles. The number of carbonyl (C=O) groups excluding carboxylic acids is 1. The van der Waals surface area contributed by atoms with Crippen molar-refractivity contribution in [2.45, 2.75) is 0 Å². The molecule has 2 rings (SSSR count). The minimum Gasteiger partial charge on any atom is -0.410 e. The van der Waals surface area contributed by atoms with Crippen LogP contribution in [0.5, 0.6) is 5.75 Å². The summed E-state index contributed by atoms with van der Waals surface area (Å²) in [5.74, 6) is 0.520. The predicted molar refractivity (Wildman–Crippen MR) is 62.6 cm³/mol. The van der Waals surface area contributed by atoms with Crippen LogP contribution in [0.15, 0.2) is 35.8 Å². The van der Waals surface area contributed by atoms with E-state index in [1.54, 1.807) is 18.3 Å². The van der Waals surface area contributed by atoms with Gasteiger partial charge in [0.1, 0.15) is 5.75 Å². The van der Waals surface area contributed by atoms with E-state index in [2.05, 4.69) is 9.69 Å². The molecule has 1 N–H and O–H groups in total. The van der Waals surface area contributed by atoms with Gasteiger partial charge in [0, 0.05) is 24.2 Å². The fourth-order valence-corrected chi connectivity index (χ4v) is 1.77. The summed E-state index contributed by atoms with van der Waals surface area (Å²) in [6, 6.07) is 7.29. The van der Waals surface area contributed by atoms with Crippen LogP contribution in [-0.4, -0.2) is 17.5 Å². The summed E-state index contributed by atoms with van der Waals surface area (Å²) in [5, 5.41) is 4.35. The molecule has 1 heterocycles. The van der Waals surface area contributed by atoms with Gasteiger partial charge < -0.3 is 10.1 Å². The van der Waals surface area contributed by atoms with Gasteiger partial charge >= 0.3 is 6.09 Å². The highest BCUT2D eigenvalue weighted by atomic mass is 32.1. The zero-order valence-corrected chi connectivity index (χ0v) is 9.45. The first-order chi connectivity index (χ1) is 7.79. The molecule has 0 aliphatic carbocycles. The second-order valence-electron chi connectivity index (χ2n) is 3.08. The smallest absolute Gasteiger partial charge is 0.410 e. The Kier molecular flexibility index (Phi) is 3.16. The highest BCUT2D eigenvalue weighted by Gasteiger charge is 2.02. The van der Waals surface area contributed by atoms with Crippen molar-refractivity contribution in [2.24, 2.45) is 0 Å². The number of nitrogens with one attached hydrogen (secondary N) is 1. The molecule has 1 amide bonds. The van der Waals surface area contributed by atoms with E-state index in [4.69, 9.17) is 4.74 Å². The van der Waals surface area contributed by atoms with Gasteiger partial charge in [-0.25, -0.2) is 9.17 Å². The van der Waals surface area contributed by atoms with E-state index in [1.807, 2.05) is 17.5 Å². The third-order valence-corrected chi connectivity index (χ3v) is 2.62. The molecular weight excluding hydrogens is 224 g/mol. The fraction of sp³-hybridized carbons (Fsp3) is 0.0909. The molecule has 16 heavy (non-hydrogen) atoms. The van der Waals surface area contributed by atoms with E-state index < -0.39 is 6.09 Å². The Bertz CT molecular complexity index is 465. The lowest BCUT2D eigenvalue weighted by molar-refractivity contribution is 0.203. The summed E-state index contributed by atoms with van der Waals surface area (Å²) in [6.07, 6.45) is 1.34. The highest BCUT2D eigenvalue weighted by molar-refractivity contribution is 7.03. The third-order valence-electron chi connectivity index (χ3n) is 2.03. The number of carbonyl (C=O) groups is 1. The van der Waals surface area contributed by atoms with Crippen molar-refractivity contribution in [3.63, 3.8) is 0 Å². The molecule has 0 spiro atoms. The molecule has 0 unspecified atom stereocenters. The van der Waals surface area contributed by atoms with Crippen LogP contribution in [0, 0.1) is 0 Å². The average molecular weight is 234 g/mol. The van der Waals surface area contributed by atoms with E-state index in [9.17, 15) is 4.79 Å². The Morgan fingerprint density at radius 2 is 2.06 bits per heavy atom. The Labute approximate surface area is 97.0 Å². The van der Waals surface area contributed by atoms with Gasteiger partial charge in [0.2, 0.25) is 0 Å². The molecule has 0 fully saturated rings. The van der Waals surface area contributed by atoms with Crippen molar-refractivity contribution in [3.8, 4) is 16.9 Å². The second-order valence-corrected chi connectivity index (χ2v) is 3.73. The largest absolute Gasteiger partial charge is 0.412 e. The van der Waals surface area contributed by atoms with Gasteiger partial charge in [-0.15, -0.1) is 0 Å². The van der Waals surface area contributed by atoms with Crippen LogP contribution in [0.25, 0.3) is 11.1 Å². The molecule has 1 aromatic carbocycles. The molecule has 0 atom stereocenters. The predicted octanol–water partition coefficient (Wildman–Crippen LogP) is 2.53. The van der Waals surface area contributed by atoms with Crippen molar-refractivity contribution < 1.29 is 9.53 Å². The van der Waals surface area contributed by atoms with Crippen molar-refractivity contribution in [3.05, 3.63) is 35.8 Å². The highest BCUT2D eigenvalue weighted by Crippen LogP contribution is 2.22. The van der Waals surface area contributed by atoms with Crippen LogP contribution in [0.2, 0.25) is 0 Å². The molecule has 2 aromatic rings. The first-order valence-corrected chi connectivity index (χ1v) is 5.52.